The standard InChI is InChI=1S/C15H15BrN2O/c1-18(10-12-4-3-7-17-9-12)11-15(19)13-5-2-6-14(16)8-13/h2-9H,10-11H2,1H3. The van der Waals surface area contributed by atoms with Crippen LogP contribution in [0.15, 0.2) is 53.3 Å². The zero-order valence-electron chi connectivity index (χ0n) is 10.7. The van der Waals surface area contributed by atoms with Gasteiger partial charge < -0.3 is 0 Å². The van der Waals surface area contributed by atoms with Gasteiger partial charge >= 0.3 is 0 Å². The summed E-state index contributed by atoms with van der Waals surface area (Å²) in [7, 11) is 1.93. The molecule has 1 heterocycles. The van der Waals surface area contributed by atoms with Crippen molar-refractivity contribution in [3.05, 3.63) is 64.4 Å². The van der Waals surface area contributed by atoms with Crippen molar-refractivity contribution in [3.8, 4) is 0 Å². The van der Waals surface area contributed by atoms with Gasteiger partial charge in [-0.1, -0.05) is 34.1 Å². The second-order valence-electron chi connectivity index (χ2n) is 4.47. The van der Waals surface area contributed by atoms with Crippen LogP contribution in [0.2, 0.25) is 0 Å². The normalized spacial score (nSPS) is 10.7. The maximum Gasteiger partial charge on any atom is 0.176 e. The first kappa shape index (κ1) is 13.9. The highest BCUT2D eigenvalue weighted by molar-refractivity contribution is 9.10. The molecule has 1 aromatic heterocycles. The number of benzene rings is 1. The predicted octanol–water partition coefficient (Wildman–Crippen LogP) is 3.16. The minimum Gasteiger partial charge on any atom is -0.295 e. The summed E-state index contributed by atoms with van der Waals surface area (Å²) in [5, 5.41) is 0. The Morgan fingerprint density at radius 1 is 1.32 bits per heavy atom. The Bertz CT molecular complexity index is 557. The van der Waals surface area contributed by atoms with E-state index in [2.05, 4.69) is 20.9 Å². The monoisotopic (exact) mass is 318 g/mol. The van der Waals surface area contributed by atoms with Crippen molar-refractivity contribution in [1.29, 1.82) is 0 Å². The number of rotatable bonds is 5. The number of carbonyl (C=O) groups excluding carboxylic acids is 1. The van der Waals surface area contributed by atoms with Gasteiger partial charge in [0.05, 0.1) is 6.54 Å². The number of halogens is 1. The fourth-order valence-corrected chi connectivity index (χ4v) is 2.26. The van der Waals surface area contributed by atoms with E-state index in [-0.39, 0.29) is 5.78 Å². The first-order chi connectivity index (χ1) is 9.15. The molecule has 98 valence electrons. The molecule has 0 N–H and O–H groups in total. The molecular formula is C15H15BrN2O. The van der Waals surface area contributed by atoms with Crippen molar-refractivity contribution in [2.45, 2.75) is 6.54 Å². The van der Waals surface area contributed by atoms with Crippen LogP contribution >= 0.6 is 15.9 Å². The Kier molecular flexibility index (Phi) is 4.82. The van der Waals surface area contributed by atoms with Gasteiger partial charge in [-0.2, -0.15) is 0 Å². The number of Topliss-reactive ketones (excluding diaryl/α,β-unsaturated/α-hetero) is 1. The van der Waals surface area contributed by atoms with Gasteiger partial charge in [-0.3, -0.25) is 14.7 Å². The van der Waals surface area contributed by atoms with E-state index in [1.807, 2.05) is 54.5 Å². The van der Waals surface area contributed by atoms with Crippen molar-refractivity contribution in [1.82, 2.24) is 9.88 Å². The van der Waals surface area contributed by atoms with Crippen LogP contribution in [0, 0.1) is 0 Å². The number of hydrogen-bond donors (Lipinski definition) is 0. The number of carbonyl (C=O) groups is 1. The Balaban J connectivity index is 1.95. The van der Waals surface area contributed by atoms with Gasteiger partial charge in [-0.15, -0.1) is 0 Å². The number of likely N-dealkylation sites (N-methyl/N-ethyl adjacent to an activating group) is 1. The molecule has 0 aliphatic carbocycles. The summed E-state index contributed by atoms with van der Waals surface area (Å²) in [6.07, 6.45) is 3.57. The predicted molar refractivity (Wildman–Crippen MR) is 79.0 cm³/mol. The second-order valence-corrected chi connectivity index (χ2v) is 5.38. The highest BCUT2D eigenvalue weighted by Crippen LogP contribution is 2.12. The van der Waals surface area contributed by atoms with Gasteiger partial charge in [-0.25, -0.2) is 0 Å². The first-order valence-electron chi connectivity index (χ1n) is 6.01. The Morgan fingerprint density at radius 2 is 2.16 bits per heavy atom. The molecular weight excluding hydrogens is 304 g/mol. The molecule has 2 aromatic rings. The highest BCUT2D eigenvalue weighted by Gasteiger charge is 2.10. The first-order valence-corrected chi connectivity index (χ1v) is 6.80. The molecule has 0 atom stereocenters. The molecule has 0 fully saturated rings. The minimum absolute atomic E-state index is 0.118. The largest absolute Gasteiger partial charge is 0.295 e. The van der Waals surface area contributed by atoms with Crippen LogP contribution in [-0.4, -0.2) is 29.3 Å². The van der Waals surface area contributed by atoms with Gasteiger partial charge in [0.25, 0.3) is 0 Å². The van der Waals surface area contributed by atoms with Crippen molar-refractivity contribution in [2.24, 2.45) is 0 Å². The van der Waals surface area contributed by atoms with E-state index in [0.29, 0.717) is 13.1 Å². The third-order valence-corrected chi connectivity index (χ3v) is 3.23. The van der Waals surface area contributed by atoms with Crippen molar-refractivity contribution < 1.29 is 4.79 Å². The summed E-state index contributed by atoms with van der Waals surface area (Å²) in [6, 6.07) is 11.4. The van der Waals surface area contributed by atoms with Crippen LogP contribution in [0.3, 0.4) is 0 Å². The zero-order valence-corrected chi connectivity index (χ0v) is 12.3. The summed E-state index contributed by atoms with van der Waals surface area (Å²) in [4.78, 5) is 18.2. The Labute approximate surface area is 121 Å². The summed E-state index contributed by atoms with van der Waals surface area (Å²) >= 11 is 3.38. The van der Waals surface area contributed by atoms with Crippen LogP contribution in [0.4, 0.5) is 0 Å². The lowest BCUT2D eigenvalue weighted by Gasteiger charge is -2.15. The number of nitrogens with zero attached hydrogens (tertiary/aromatic N) is 2. The molecule has 0 spiro atoms. The van der Waals surface area contributed by atoms with Crippen molar-refractivity contribution in [2.75, 3.05) is 13.6 Å². The summed E-state index contributed by atoms with van der Waals surface area (Å²) in [5.41, 5.74) is 1.83. The molecule has 3 nitrogen and oxygen atoms in total. The molecule has 0 unspecified atom stereocenters. The van der Waals surface area contributed by atoms with E-state index in [1.165, 1.54) is 0 Å². The fourth-order valence-electron chi connectivity index (χ4n) is 1.86. The van der Waals surface area contributed by atoms with E-state index in [9.17, 15) is 4.79 Å². The molecule has 0 saturated heterocycles. The molecule has 0 amide bonds. The summed E-state index contributed by atoms with van der Waals surface area (Å²) in [6.45, 7) is 1.11. The Morgan fingerprint density at radius 3 is 2.84 bits per heavy atom. The molecule has 2 rings (SSSR count). The lowest BCUT2D eigenvalue weighted by molar-refractivity contribution is 0.0943. The maximum atomic E-state index is 12.1. The van der Waals surface area contributed by atoms with Crippen LogP contribution in [-0.2, 0) is 6.54 Å². The molecule has 19 heavy (non-hydrogen) atoms. The third kappa shape index (κ3) is 4.26. The van der Waals surface area contributed by atoms with E-state index in [0.717, 1.165) is 15.6 Å². The second kappa shape index (κ2) is 6.59. The van der Waals surface area contributed by atoms with Crippen LogP contribution in [0.1, 0.15) is 15.9 Å². The van der Waals surface area contributed by atoms with E-state index < -0.39 is 0 Å². The fraction of sp³-hybridized carbons (Fsp3) is 0.200. The lowest BCUT2D eigenvalue weighted by Crippen LogP contribution is -2.25. The number of ketones is 1. The van der Waals surface area contributed by atoms with E-state index in [1.54, 1.807) is 6.20 Å². The molecule has 4 heteroatoms. The van der Waals surface area contributed by atoms with Crippen LogP contribution in [0.5, 0.6) is 0 Å². The summed E-state index contributed by atoms with van der Waals surface area (Å²) in [5.74, 6) is 0.118. The topological polar surface area (TPSA) is 33.2 Å². The van der Waals surface area contributed by atoms with Crippen LogP contribution in [0.25, 0.3) is 0 Å². The third-order valence-electron chi connectivity index (χ3n) is 2.74. The smallest absolute Gasteiger partial charge is 0.176 e. The minimum atomic E-state index is 0.118. The molecule has 0 aliphatic heterocycles. The number of aromatic nitrogens is 1. The number of pyridine rings is 1. The van der Waals surface area contributed by atoms with Gasteiger partial charge in [0.2, 0.25) is 0 Å². The SMILES string of the molecule is CN(CC(=O)c1cccc(Br)c1)Cc1cccnc1. The quantitative estimate of drug-likeness (QED) is 0.794. The van der Waals surface area contributed by atoms with Crippen LogP contribution < -0.4 is 0 Å². The van der Waals surface area contributed by atoms with Gasteiger partial charge in [-0.05, 0) is 30.8 Å². The Hall–Kier alpha value is -1.52. The molecule has 0 radical (unpaired) electrons. The lowest BCUT2D eigenvalue weighted by atomic mass is 10.1. The molecule has 1 aromatic carbocycles. The summed E-state index contributed by atoms with van der Waals surface area (Å²) < 4.78 is 0.924. The van der Waals surface area contributed by atoms with Gasteiger partial charge in [0.15, 0.2) is 5.78 Å². The van der Waals surface area contributed by atoms with Crippen molar-refractivity contribution >= 4 is 21.7 Å². The molecule has 0 bridgehead atoms. The highest BCUT2D eigenvalue weighted by atomic mass is 79.9. The van der Waals surface area contributed by atoms with E-state index >= 15 is 0 Å². The molecule has 0 saturated carbocycles. The van der Waals surface area contributed by atoms with Gasteiger partial charge in [0.1, 0.15) is 0 Å². The molecule has 0 aliphatic rings. The average Bonchev–Trinajstić information content (AvgIpc) is 2.39. The van der Waals surface area contributed by atoms with E-state index in [4.69, 9.17) is 0 Å². The zero-order chi connectivity index (χ0) is 13.7. The average molecular weight is 319 g/mol. The van der Waals surface area contributed by atoms with Crippen molar-refractivity contribution in [3.63, 3.8) is 0 Å². The van der Waals surface area contributed by atoms with Gasteiger partial charge in [0, 0.05) is 29.0 Å². The number of hydrogen-bond acceptors (Lipinski definition) is 3. The maximum absolute atomic E-state index is 12.1.